The van der Waals surface area contributed by atoms with Crippen LogP contribution in [0.25, 0.3) is 0 Å². The first kappa shape index (κ1) is 13.9. The van der Waals surface area contributed by atoms with Crippen molar-refractivity contribution in [3.63, 3.8) is 0 Å². The normalized spacial score (nSPS) is 10.1. The van der Waals surface area contributed by atoms with Gasteiger partial charge in [-0.15, -0.1) is 0 Å². The van der Waals surface area contributed by atoms with Crippen LogP contribution in [0, 0.1) is 17.1 Å². The molecule has 0 heterocycles. The SMILES string of the molecule is CCN(Cc1cc(F)ccc1C#N)c1ccccc1N. The number of anilines is 2. The van der Waals surface area contributed by atoms with Gasteiger partial charge >= 0.3 is 0 Å². The average molecular weight is 269 g/mol. The molecule has 0 saturated carbocycles. The van der Waals surface area contributed by atoms with Gasteiger partial charge in [0.25, 0.3) is 0 Å². The maximum atomic E-state index is 13.4. The van der Waals surface area contributed by atoms with Crippen molar-refractivity contribution in [2.24, 2.45) is 0 Å². The predicted molar refractivity (Wildman–Crippen MR) is 78.7 cm³/mol. The smallest absolute Gasteiger partial charge is 0.123 e. The number of rotatable bonds is 4. The van der Waals surface area contributed by atoms with E-state index in [-0.39, 0.29) is 5.82 Å². The van der Waals surface area contributed by atoms with Crippen molar-refractivity contribution in [3.05, 3.63) is 59.4 Å². The molecule has 2 rings (SSSR count). The molecule has 4 heteroatoms. The first-order valence-corrected chi connectivity index (χ1v) is 6.43. The van der Waals surface area contributed by atoms with Gasteiger partial charge in [-0.05, 0) is 42.8 Å². The summed E-state index contributed by atoms with van der Waals surface area (Å²) < 4.78 is 13.4. The van der Waals surface area contributed by atoms with E-state index >= 15 is 0 Å². The van der Waals surface area contributed by atoms with E-state index in [9.17, 15) is 4.39 Å². The lowest BCUT2D eigenvalue weighted by molar-refractivity contribution is 0.624. The fourth-order valence-corrected chi connectivity index (χ4v) is 2.15. The Kier molecular flexibility index (Phi) is 4.21. The molecule has 2 aromatic carbocycles. The minimum absolute atomic E-state index is 0.337. The number of para-hydroxylation sites is 2. The quantitative estimate of drug-likeness (QED) is 0.866. The molecule has 0 bridgehead atoms. The van der Waals surface area contributed by atoms with Gasteiger partial charge in [-0.1, -0.05) is 12.1 Å². The molecule has 2 aromatic rings. The largest absolute Gasteiger partial charge is 0.397 e. The third-order valence-electron chi connectivity index (χ3n) is 3.21. The number of nitrogen functional groups attached to an aromatic ring is 1. The van der Waals surface area contributed by atoms with E-state index in [1.807, 2.05) is 36.1 Å². The van der Waals surface area contributed by atoms with Crippen LogP contribution >= 0.6 is 0 Å². The Morgan fingerprint density at radius 3 is 2.65 bits per heavy atom. The molecule has 0 amide bonds. The van der Waals surface area contributed by atoms with E-state index in [2.05, 4.69) is 6.07 Å². The number of hydrogen-bond acceptors (Lipinski definition) is 3. The van der Waals surface area contributed by atoms with Crippen LogP contribution in [-0.4, -0.2) is 6.54 Å². The van der Waals surface area contributed by atoms with Gasteiger partial charge < -0.3 is 10.6 Å². The lowest BCUT2D eigenvalue weighted by Gasteiger charge is -2.25. The van der Waals surface area contributed by atoms with Crippen LogP contribution in [-0.2, 0) is 6.54 Å². The van der Waals surface area contributed by atoms with Gasteiger partial charge in [0, 0.05) is 13.1 Å². The molecule has 0 saturated heterocycles. The maximum Gasteiger partial charge on any atom is 0.123 e. The molecular weight excluding hydrogens is 253 g/mol. The van der Waals surface area contributed by atoms with Crippen LogP contribution in [0.4, 0.5) is 15.8 Å². The molecule has 0 fully saturated rings. The monoisotopic (exact) mass is 269 g/mol. The maximum absolute atomic E-state index is 13.4. The summed E-state index contributed by atoms with van der Waals surface area (Å²) >= 11 is 0. The second kappa shape index (κ2) is 6.07. The van der Waals surface area contributed by atoms with Crippen LogP contribution in [0.5, 0.6) is 0 Å². The van der Waals surface area contributed by atoms with Gasteiger partial charge in [0.1, 0.15) is 5.82 Å². The highest BCUT2D eigenvalue weighted by molar-refractivity contribution is 5.67. The van der Waals surface area contributed by atoms with Crippen LogP contribution in [0.1, 0.15) is 18.1 Å². The van der Waals surface area contributed by atoms with E-state index in [1.54, 1.807) is 0 Å². The van der Waals surface area contributed by atoms with Crippen LogP contribution in [0.15, 0.2) is 42.5 Å². The fourth-order valence-electron chi connectivity index (χ4n) is 2.15. The van der Waals surface area contributed by atoms with Gasteiger partial charge in [0.15, 0.2) is 0 Å². The molecule has 0 spiro atoms. The molecule has 0 aliphatic rings. The Morgan fingerprint density at radius 2 is 2.00 bits per heavy atom. The topological polar surface area (TPSA) is 53.0 Å². The van der Waals surface area contributed by atoms with Crippen LogP contribution in [0.2, 0.25) is 0 Å². The number of halogens is 1. The molecule has 0 aromatic heterocycles. The van der Waals surface area contributed by atoms with Gasteiger partial charge in [0.05, 0.1) is 23.0 Å². The van der Waals surface area contributed by atoms with Crippen molar-refractivity contribution >= 4 is 11.4 Å². The van der Waals surface area contributed by atoms with Crippen LogP contribution in [0.3, 0.4) is 0 Å². The number of nitriles is 1. The zero-order valence-corrected chi connectivity index (χ0v) is 11.3. The molecular formula is C16H16FN3. The third-order valence-corrected chi connectivity index (χ3v) is 3.21. The summed E-state index contributed by atoms with van der Waals surface area (Å²) in [6, 6.07) is 13.8. The summed E-state index contributed by atoms with van der Waals surface area (Å²) in [5.41, 5.74) is 8.68. The molecule has 3 nitrogen and oxygen atoms in total. The van der Waals surface area contributed by atoms with Crippen molar-refractivity contribution in [2.45, 2.75) is 13.5 Å². The second-order valence-electron chi connectivity index (χ2n) is 4.49. The predicted octanol–water partition coefficient (Wildman–Crippen LogP) is 3.31. The summed E-state index contributed by atoms with van der Waals surface area (Å²) in [4.78, 5) is 2.02. The van der Waals surface area contributed by atoms with E-state index < -0.39 is 0 Å². The molecule has 0 atom stereocenters. The highest BCUT2D eigenvalue weighted by Gasteiger charge is 2.11. The summed E-state index contributed by atoms with van der Waals surface area (Å²) in [7, 11) is 0. The molecule has 0 aliphatic heterocycles. The summed E-state index contributed by atoms with van der Waals surface area (Å²) in [5.74, 6) is -0.337. The molecule has 102 valence electrons. The highest BCUT2D eigenvalue weighted by atomic mass is 19.1. The number of hydrogen-bond donors (Lipinski definition) is 1. The van der Waals surface area contributed by atoms with Crippen molar-refractivity contribution in [1.29, 1.82) is 5.26 Å². The standard InChI is InChI=1S/C16H16FN3/c1-2-20(16-6-4-3-5-15(16)19)11-13-9-14(17)8-7-12(13)10-18/h3-9H,2,11,19H2,1H3. The summed E-state index contributed by atoms with van der Waals surface area (Å²) in [5, 5.41) is 9.10. The summed E-state index contributed by atoms with van der Waals surface area (Å²) in [6.45, 7) is 3.17. The number of benzene rings is 2. The lowest BCUT2D eigenvalue weighted by Crippen LogP contribution is -2.23. The third kappa shape index (κ3) is 2.89. The van der Waals surface area contributed by atoms with Gasteiger partial charge in [0.2, 0.25) is 0 Å². The van der Waals surface area contributed by atoms with Gasteiger partial charge in [-0.2, -0.15) is 5.26 Å². The highest BCUT2D eigenvalue weighted by Crippen LogP contribution is 2.25. The Morgan fingerprint density at radius 1 is 1.25 bits per heavy atom. The van der Waals surface area contributed by atoms with Crippen molar-refractivity contribution in [3.8, 4) is 6.07 Å². The first-order chi connectivity index (χ1) is 9.65. The van der Waals surface area contributed by atoms with E-state index in [4.69, 9.17) is 11.0 Å². The molecule has 0 aliphatic carbocycles. The minimum Gasteiger partial charge on any atom is -0.397 e. The molecule has 20 heavy (non-hydrogen) atoms. The van der Waals surface area contributed by atoms with Gasteiger partial charge in [-0.25, -0.2) is 4.39 Å². The van der Waals surface area contributed by atoms with Crippen molar-refractivity contribution in [1.82, 2.24) is 0 Å². The van der Waals surface area contributed by atoms with Crippen molar-refractivity contribution < 1.29 is 4.39 Å². The zero-order chi connectivity index (χ0) is 14.5. The van der Waals surface area contributed by atoms with Crippen LogP contribution < -0.4 is 10.6 Å². The Balaban J connectivity index is 2.34. The van der Waals surface area contributed by atoms with E-state index in [0.717, 1.165) is 12.2 Å². The van der Waals surface area contributed by atoms with Crippen molar-refractivity contribution in [2.75, 3.05) is 17.2 Å². The zero-order valence-electron chi connectivity index (χ0n) is 11.3. The van der Waals surface area contributed by atoms with Gasteiger partial charge in [-0.3, -0.25) is 0 Å². The first-order valence-electron chi connectivity index (χ1n) is 6.43. The average Bonchev–Trinajstić information content (AvgIpc) is 2.46. The molecule has 0 unspecified atom stereocenters. The Hall–Kier alpha value is -2.54. The summed E-state index contributed by atoms with van der Waals surface area (Å²) in [6.07, 6.45) is 0. The minimum atomic E-state index is -0.337. The van der Waals surface area contributed by atoms with E-state index in [0.29, 0.717) is 23.4 Å². The fraction of sp³-hybridized carbons (Fsp3) is 0.188. The molecule has 0 radical (unpaired) electrons. The number of nitrogens with two attached hydrogens (primary N) is 1. The Labute approximate surface area is 118 Å². The Bertz CT molecular complexity index is 646. The number of nitrogens with zero attached hydrogens (tertiary/aromatic N) is 2. The van der Waals surface area contributed by atoms with E-state index in [1.165, 1.54) is 18.2 Å². The second-order valence-corrected chi connectivity index (χ2v) is 4.49. The molecule has 2 N–H and O–H groups in total. The lowest BCUT2D eigenvalue weighted by atomic mass is 10.1.